The van der Waals surface area contributed by atoms with Crippen LogP contribution >= 0.6 is 23.2 Å². The van der Waals surface area contributed by atoms with Gasteiger partial charge in [-0.1, -0.05) is 23.2 Å². The van der Waals surface area contributed by atoms with E-state index >= 15 is 0 Å². The second-order valence-corrected chi connectivity index (χ2v) is 6.07. The predicted octanol–water partition coefficient (Wildman–Crippen LogP) is 0.593. The average Bonchev–Trinajstić information content (AvgIpc) is 2.46. The van der Waals surface area contributed by atoms with E-state index in [4.69, 9.17) is 33.0 Å². The van der Waals surface area contributed by atoms with E-state index in [1.54, 1.807) is 6.92 Å². The van der Waals surface area contributed by atoms with E-state index in [1.165, 1.54) is 18.2 Å². The minimum Gasteiger partial charge on any atom is -0.394 e. The van der Waals surface area contributed by atoms with E-state index in [0.29, 0.717) is 10.0 Å². The van der Waals surface area contributed by atoms with Crippen LogP contribution in [0.2, 0.25) is 10.0 Å². The molecule has 1 aromatic carbocycles. The second kappa shape index (κ2) is 7.12. The van der Waals surface area contributed by atoms with E-state index in [0.717, 1.165) is 0 Å². The lowest BCUT2D eigenvalue weighted by atomic mass is 9.93. The number of aliphatic hydroxyl groups is 3. The fraction of sp³-hybridized carbons (Fsp3) is 0.500. The lowest BCUT2D eigenvalue weighted by molar-refractivity contribution is -0.187. The molecule has 5 unspecified atom stereocenters. The molecule has 1 aliphatic heterocycles. The Hall–Kier alpha value is -0.890. The Kier molecular flexibility index (Phi) is 5.65. The van der Waals surface area contributed by atoms with E-state index in [1.807, 2.05) is 0 Å². The van der Waals surface area contributed by atoms with Crippen LogP contribution < -0.4 is 5.32 Å². The van der Waals surface area contributed by atoms with Gasteiger partial charge in [0, 0.05) is 15.6 Å². The number of aliphatic hydroxyl groups excluding tert-OH is 3. The molecule has 6 nitrogen and oxygen atoms in total. The topological polar surface area (TPSA) is 99.0 Å². The van der Waals surface area contributed by atoms with E-state index in [2.05, 4.69) is 5.32 Å². The average molecular weight is 350 g/mol. The minimum atomic E-state index is -1.30. The van der Waals surface area contributed by atoms with Crippen molar-refractivity contribution in [2.24, 2.45) is 0 Å². The molecule has 0 bridgehead atoms. The molecule has 1 aromatic rings. The Balaban J connectivity index is 2.13. The summed E-state index contributed by atoms with van der Waals surface area (Å²) >= 11 is 11.7. The number of nitrogens with one attached hydrogen (secondary N) is 1. The van der Waals surface area contributed by atoms with Gasteiger partial charge in [-0.3, -0.25) is 4.79 Å². The summed E-state index contributed by atoms with van der Waals surface area (Å²) in [6, 6.07) is 3.55. The number of ether oxygens (including phenoxy) is 1. The summed E-state index contributed by atoms with van der Waals surface area (Å²) in [6.07, 6.45) is -4.04. The monoisotopic (exact) mass is 349 g/mol. The maximum absolute atomic E-state index is 12.2. The van der Waals surface area contributed by atoms with Gasteiger partial charge in [-0.15, -0.1) is 0 Å². The quantitative estimate of drug-likeness (QED) is 0.640. The van der Waals surface area contributed by atoms with Crippen LogP contribution in [-0.2, 0) is 4.74 Å². The molecule has 1 heterocycles. The molecule has 2 rings (SSSR count). The fourth-order valence-corrected chi connectivity index (χ4v) is 2.95. The molecule has 1 fully saturated rings. The zero-order valence-electron chi connectivity index (χ0n) is 11.7. The van der Waals surface area contributed by atoms with Gasteiger partial charge in [0.25, 0.3) is 5.91 Å². The summed E-state index contributed by atoms with van der Waals surface area (Å²) in [5.74, 6) is -0.501. The molecule has 0 saturated carbocycles. The van der Waals surface area contributed by atoms with Crippen LogP contribution in [0.1, 0.15) is 17.3 Å². The van der Waals surface area contributed by atoms with Crippen molar-refractivity contribution in [1.82, 2.24) is 5.32 Å². The van der Waals surface area contributed by atoms with Gasteiger partial charge >= 0.3 is 0 Å². The second-order valence-electron chi connectivity index (χ2n) is 5.20. The summed E-state index contributed by atoms with van der Waals surface area (Å²) in [5.41, 5.74) is 0.232. The molecule has 0 radical (unpaired) electrons. The molecule has 1 saturated heterocycles. The van der Waals surface area contributed by atoms with Crippen LogP contribution in [-0.4, -0.2) is 58.3 Å². The Bertz CT molecular complexity index is 536. The highest BCUT2D eigenvalue weighted by molar-refractivity contribution is 6.35. The first-order chi connectivity index (χ1) is 10.3. The highest BCUT2D eigenvalue weighted by Crippen LogP contribution is 2.23. The summed E-state index contributed by atoms with van der Waals surface area (Å²) in [6.45, 7) is 1.21. The largest absolute Gasteiger partial charge is 0.394 e. The van der Waals surface area contributed by atoms with Crippen LogP contribution in [0.3, 0.4) is 0 Å². The van der Waals surface area contributed by atoms with Gasteiger partial charge < -0.3 is 25.4 Å². The number of carbonyl (C=O) groups excluding carboxylic acids is 1. The molecule has 1 aliphatic rings. The number of hydrogen-bond acceptors (Lipinski definition) is 5. The van der Waals surface area contributed by atoms with Crippen molar-refractivity contribution in [3.8, 4) is 0 Å². The molecule has 4 N–H and O–H groups in total. The molecule has 0 aromatic heterocycles. The molecule has 1 amide bonds. The van der Waals surface area contributed by atoms with Crippen molar-refractivity contribution in [2.75, 3.05) is 6.61 Å². The van der Waals surface area contributed by atoms with Crippen LogP contribution in [0, 0.1) is 0 Å². The summed E-state index contributed by atoms with van der Waals surface area (Å²) in [5, 5.41) is 32.3. The van der Waals surface area contributed by atoms with Crippen molar-refractivity contribution in [3.63, 3.8) is 0 Å². The number of benzene rings is 1. The van der Waals surface area contributed by atoms with Crippen molar-refractivity contribution >= 4 is 29.1 Å². The Labute approximate surface area is 137 Å². The summed E-state index contributed by atoms with van der Waals surface area (Å²) in [4.78, 5) is 12.2. The predicted molar refractivity (Wildman–Crippen MR) is 81.2 cm³/mol. The maximum Gasteiger partial charge on any atom is 0.251 e. The lowest BCUT2D eigenvalue weighted by Crippen LogP contribution is -2.63. The first kappa shape index (κ1) is 17.5. The van der Waals surface area contributed by atoms with Gasteiger partial charge in [0.1, 0.15) is 18.3 Å². The van der Waals surface area contributed by atoms with E-state index < -0.39 is 43.0 Å². The van der Waals surface area contributed by atoms with E-state index in [-0.39, 0.29) is 5.56 Å². The van der Waals surface area contributed by atoms with Gasteiger partial charge in [-0.2, -0.15) is 0 Å². The van der Waals surface area contributed by atoms with Crippen LogP contribution in [0.5, 0.6) is 0 Å². The number of amides is 1. The van der Waals surface area contributed by atoms with Crippen molar-refractivity contribution in [3.05, 3.63) is 33.8 Å². The number of carbonyl (C=O) groups is 1. The van der Waals surface area contributed by atoms with Crippen molar-refractivity contribution in [2.45, 2.75) is 37.4 Å². The maximum atomic E-state index is 12.2. The number of rotatable bonds is 3. The third-order valence-corrected chi connectivity index (χ3v) is 4.03. The Morgan fingerprint density at radius 1 is 1.23 bits per heavy atom. The standard InChI is InChI=1S/C14H17Cl2NO5/c1-6-11(13(20)12(19)10(5-18)22-6)17-14(21)7-2-8(15)4-9(16)3-7/h2-4,6,10-13,18-20H,5H2,1H3,(H,17,21). The normalized spacial score (nSPS) is 31.8. The zero-order chi connectivity index (χ0) is 16.4. The molecule has 8 heteroatoms. The molecular weight excluding hydrogens is 333 g/mol. The summed E-state index contributed by atoms with van der Waals surface area (Å²) < 4.78 is 5.39. The Morgan fingerprint density at radius 2 is 1.82 bits per heavy atom. The van der Waals surface area contributed by atoms with Gasteiger partial charge in [0.2, 0.25) is 0 Å². The van der Waals surface area contributed by atoms with Gasteiger partial charge in [-0.05, 0) is 25.1 Å². The molecule has 0 aliphatic carbocycles. The van der Waals surface area contributed by atoms with Crippen LogP contribution in [0.15, 0.2) is 18.2 Å². The van der Waals surface area contributed by atoms with Gasteiger partial charge in [0.15, 0.2) is 0 Å². The third kappa shape index (κ3) is 3.71. The highest BCUT2D eigenvalue weighted by Gasteiger charge is 2.43. The fourth-order valence-electron chi connectivity index (χ4n) is 2.42. The molecule has 5 atom stereocenters. The zero-order valence-corrected chi connectivity index (χ0v) is 13.3. The van der Waals surface area contributed by atoms with Gasteiger partial charge in [0.05, 0.1) is 18.8 Å². The molecule has 22 heavy (non-hydrogen) atoms. The van der Waals surface area contributed by atoms with Gasteiger partial charge in [-0.25, -0.2) is 0 Å². The Morgan fingerprint density at radius 3 is 2.36 bits per heavy atom. The van der Waals surface area contributed by atoms with Crippen LogP contribution in [0.4, 0.5) is 0 Å². The molecular formula is C14H17Cl2NO5. The van der Waals surface area contributed by atoms with Crippen LogP contribution in [0.25, 0.3) is 0 Å². The van der Waals surface area contributed by atoms with Crippen molar-refractivity contribution < 1.29 is 24.9 Å². The van der Waals surface area contributed by atoms with Crippen molar-refractivity contribution in [1.29, 1.82) is 0 Å². The smallest absolute Gasteiger partial charge is 0.251 e. The third-order valence-electron chi connectivity index (χ3n) is 3.60. The number of hydrogen-bond donors (Lipinski definition) is 4. The first-order valence-electron chi connectivity index (χ1n) is 6.73. The first-order valence-corrected chi connectivity index (χ1v) is 7.48. The molecule has 122 valence electrons. The lowest BCUT2D eigenvalue weighted by Gasteiger charge is -2.41. The van der Waals surface area contributed by atoms with E-state index in [9.17, 15) is 15.0 Å². The SMILES string of the molecule is CC1OC(CO)C(O)C(O)C1NC(=O)c1cc(Cl)cc(Cl)c1. The minimum absolute atomic E-state index is 0.232. The molecule has 0 spiro atoms. The summed E-state index contributed by atoms with van der Waals surface area (Å²) in [7, 11) is 0. The highest BCUT2D eigenvalue weighted by atomic mass is 35.5. The number of halogens is 2.